The summed E-state index contributed by atoms with van der Waals surface area (Å²) in [5, 5.41) is 6.68. The molecule has 8 aromatic rings. The number of hydrogen-bond donors (Lipinski definition) is 0. The van der Waals surface area contributed by atoms with E-state index in [4.69, 9.17) is 4.98 Å². The van der Waals surface area contributed by atoms with E-state index in [2.05, 4.69) is 102 Å². The van der Waals surface area contributed by atoms with Gasteiger partial charge in [0.15, 0.2) is 0 Å². The van der Waals surface area contributed by atoms with Crippen LogP contribution in [0.25, 0.3) is 55.1 Å². The monoisotopic (exact) mass is 827 g/mol. The number of aryl methyl sites for hydroxylation is 2. The molecule has 3 aromatic carbocycles. The van der Waals surface area contributed by atoms with Crippen LogP contribution in [0.2, 0.25) is 19.6 Å². The van der Waals surface area contributed by atoms with Crippen LogP contribution in [0.4, 0.5) is 4.39 Å². The van der Waals surface area contributed by atoms with Gasteiger partial charge in [-0.25, -0.2) is 0 Å². The predicted molar refractivity (Wildman–Crippen MR) is 195 cm³/mol. The molecule has 0 saturated heterocycles. The molecule has 1 aliphatic carbocycles. The molecule has 245 valence electrons. The van der Waals surface area contributed by atoms with Crippen LogP contribution in [0, 0.1) is 37.8 Å². The van der Waals surface area contributed by atoms with Crippen LogP contribution in [0.15, 0.2) is 79.1 Å². The number of pyridine rings is 2. The van der Waals surface area contributed by atoms with Crippen molar-refractivity contribution in [2.75, 3.05) is 0 Å². The Morgan fingerprint density at radius 2 is 1.73 bits per heavy atom. The predicted octanol–water partition coefficient (Wildman–Crippen LogP) is 9.86. The van der Waals surface area contributed by atoms with Crippen molar-refractivity contribution in [3.8, 4) is 11.3 Å². The molecule has 0 N–H and O–H groups in total. The molecule has 0 amide bonds. The Morgan fingerprint density at radius 1 is 0.938 bits per heavy atom. The Balaban J connectivity index is 0.000000174. The van der Waals surface area contributed by atoms with Gasteiger partial charge in [0, 0.05) is 71.2 Å². The Labute approximate surface area is 295 Å². The van der Waals surface area contributed by atoms with Gasteiger partial charge < -0.3 is 13.8 Å². The molecule has 48 heavy (non-hydrogen) atoms. The molecule has 1 saturated carbocycles. The van der Waals surface area contributed by atoms with Crippen LogP contribution in [0.1, 0.15) is 42.4 Å². The van der Waals surface area contributed by atoms with Gasteiger partial charge in [0.05, 0.1) is 13.7 Å². The summed E-state index contributed by atoms with van der Waals surface area (Å²) in [5.41, 5.74) is 10.5. The third-order valence-electron chi connectivity index (χ3n) is 10.2. The fraction of sp³-hybridized carbons (Fsp3) is 0.268. The molecule has 0 atom stereocenters. The number of fused-ring (bicyclic) bond motifs is 6. The summed E-state index contributed by atoms with van der Waals surface area (Å²) in [5.74, 6) is 0.547. The summed E-state index contributed by atoms with van der Waals surface area (Å²) in [6.45, 7) is 11.2. The van der Waals surface area contributed by atoms with Crippen LogP contribution in [0.5, 0.6) is 0 Å². The molecule has 1 aliphatic rings. The van der Waals surface area contributed by atoms with Crippen LogP contribution in [-0.4, -0.2) is 26.8 Å². The Hall–Kier alpha value is -3.90. The first-order valence-corrected chi connectivity index (χ1v) is 20.3. The fourth-order valence-corrected chi connectivity index (χ4v) is 8.62. The summed E-state index contributed by atoms with van der Waals surface area (Å²) < 4.78 is 17.4. The number of aromatic nitrogens is 4. The van der Waals surface area contributed by atoms with E-state index < -0.39 is 8.07 Å². The average molecular weight is 827 g/mol. The second-order valence-electron chi connectivity index (χ2n) is 14.3. The number of nitrogens with zero attached hydrogens (tertiary/aromatic N) is 4. The fourth-order valence-electron chi connectivity index (χ4n) is 7.59. The van der Waals surface area contributed by atoms with E-state index >= 15 is 0 Å². The molecule has 0 aliphatic heterocycles. The molecule has 5 aromatic heterocycles. The average Bonchev–Trinajstić information content (AvgIpc) is 3.78. The van der Waals surface area contributed by atoms with E-state index in [1.54, 1.807) is 6.07 Å². The van der Waals surface area contributed by atoms with Gasteiger partial charge in [-0.2, -0.15) is 0 Å². The zero-order chi connectivity index (χ0) is 32.4. The molecule has 4 nitrogen and oxygen atoms in total. The van der Waals surface area contributed by atoms with E-state index in [1.165, 1.54) is 104 Å². The largest absolute Gasteiger partial charge is 0.414 e. The minimum Gasteiger partial charge on any atom is -0.414 e. The van der Waals surface area contributed by atoms with Crippen LogP contribution < -0.4 is 5.19 Å². The quantitative estimate of drug-likeness (QED) is 0.131. The van der Waals surface area contributed by atoms with Gasteiger partial charge in [-0.15, -0.1) is 41.0 Å². The van der Waals surface area contributed by atoms with Gasteiger partial charge in [-0.3, -0.25) is 9.37 Å². The second-order valence-corrected chi connectivity index (χ2v) is 19.4. The third kappa shape index (κ3) is 5.46. The second kappa shape index (κ2) is 12.5. The first-order chi connectivity index (χ1) is 22.7. The minimum atomic E-state index is -1.30. The standard InChI is InChI=1S/C27H24N3.C14H15FNSi.Ir/c1-16-15-29-26-24-19(11-12-28-26)14-20(13-18-7-3-4-8-18)23-21-9-5-6-10-22(21)30(25(23)24)27(29)17(16)2;1-17(2,3)13-8-9-14(16-10-13)11-4-6-12(15)7-5-11;/h5-6,9-12,14,18H,3-4,7-8,13H2,1-2H3;4,6-10H,1-3H3;/q2*-1;. The van der Waals surface area contributed by atoms with Crippen LogP contribution in [-0.2, 0) is 26.5 Å². The van der Waals surface area contributed by atoms with E-state index in [0.29, 0.717) is 0 Å². The normalized spacial score (nSPS) is 14.0. The van der Waals surface area contributed by atoms with E-state index in [-0.39, 0.29) is 25.9 Å². The van der Waals surface area contributed by atoms with Crippen LogP contribution >= 0.6 is 0 Å². The number of para-hydroxylation sites is 1. The molecule has 5 heterocycles. The number of halogens is 1. The van der Waals surface area contributed by atoms with Crippen molar-refractivity contribution in [3.05, 3.63) is 114 Å². The molecular weight excluding hydrogens is 788 g/mol. The maximum absolute atomic E-state index is 12.8. The SMILES string of the molecule is C[Si](C)(C)c1ccc(-c2[c-]cc(F)cc2)nc1.Cc1[c-]n2c3nccc4cc(CC5CCCC5)c5c6ccccc6n(c5c43)c2c1C.[Ir]. The van der Waals surface area contributed by atoms with Crippen molar-refractivity contribution < 1.29 is 24.5 Å². The van der Waals surface area contributed by atoms with Crippen molar-refractivity contribution in [3.63, 3.8) is 0 Å². The molecule has 0 unspecified atom stereocenters. The molecule has 1 radical (unpaired) electrons. The van der Waals surface area contributed by atoms with Gasteiger partial charge in [0.25, 0.3) is 0 Å². The van der Waals surface area contributed by atoms with Gasteiger partial charge in [-0.05, 0) is 46.3 Å². The third-order valence-corrected chi connectivity index (χ3v) is 12.2. The number of rotatable bonds is 4. The van der Waals surface area contributed by atoms with Crippen molar-refractivity contribution in [1.82, 2.24) is 18.8 Å². The van der Waals surface area contributed by atoms with Gasteiger partial charge >= 0.3 is 0 Å². The summed E-state index contributed by atoms with van der Waals surface area (Å²) in [7, 11) is -1.30. The first-order valence-electron chi connectivity index (χ1n) is 16.8. The molecular formula is C41H39FIrN4Si-2. The first kappa shape index (κ1) is 32.6. The summed E-state index contributed by atoms with van der Waals surface area (Å²) in [4.78, 5) is 9.26. The van der Waals surface area contributed by atoms with Crippen molar-refractivity contribution in [1.29, 1.82) is 0 Å². The zero-order valence-corrected chi connectivity index (χ0v) is 31.5. The Kier molecular flexibility index (Phi) is 8.51. The maximum Gasteiger partial charge on any atom is 0.0795 e. The topological polar surface area (TPSA) is 34.6 Å². The molecule has 0 spiro atoms. The molecule has 0 bridgehead atoms. The smallest absolute Gasteiger partial charge is 0.0795 e. The maximum atomic E-state index is 12.8. The summed E-state index contributed by atoms with van der Waals surface area (Å²) in [6.07, 6.45) is 14.2. The van der Waals surface area contributed by atoms with E-state index in [1.807, 2.05) is 18.5 Å². The molecule has 1 fully saturated rings. The number of benzene rings is 3. The minimum absolute atomic E-state index is 0. The molecule has 7 heteroatoms. The van der Waals surface area contributed by atoms with E-state index in [0.717, 1.165) is 22.8 Å². The van der Waals surface area contributed by atoms with Gasteiger partial charge in [-0.1, -0.05) is 102 Å². The van der Waals surface area contributed by atoms with Gasteiger partial charge in [0.1, 0.15) is 0 Å². The zero-order valence-electron chi connectivity index (χ0n) is 28.1. The Bertz CT molecular complexity index is 2400. The van der Waals surface area contributed by atoms with E-state index in [9.17, 15) is 4.39 Å². The van der Waals surface area contributed by atoms with Crippen molar-refractivity contribution in [2.24, 2.45) is 5.92 Å². The van der Waals surface area contributed by atoms with Crippen molar-refractivity contribution in [2.45, 2.75) is 65.6 Å². The Morgan fingerprint density at radius 3 is 2.44 bits per heavy atom. The summed E-state index contributed by atoms with van der Waals surface area (Å²) in [6, 6.07) is 25.0. The van der Waals surface area contributed by atoms with Crippen LogP contribution in [0.3, 0.4) is 0 Å². The van der Waals surface area contributed by atoms with Gasteiger partial charge in [0.2, 0.25) is 0 Å². The summed E-state index contributed by atoms with van der Waals surface area (Å²) >= 11 is 0. The van der Waals surface area contributed by atoms with Crippen molar-refractivity contribution >= 4 is 57.1 Å². The number of hydrogen-bond acceptors (Lipinski definition) is 2. The molecule has 9 rings (SSSR count).